The first kappa shape index (κ1) is 8.51. The van der Waals surface area contributed by atoms with Gasteiger partial charge in [0.05, 0.1) is 0 Å². The Balaban J connectivity index is 1.94. The zero-order valence-corrected chi connectivity index (χ0v) is 6.96. The molecule has 0 aromatic heterocycles. The minimum absolute atomic E-state index is 0.746. The molecule has 0 saturated carbocycles. The smallest absolute Gasteiger partial charge is 0.119 e. The van der Waals surface area contributed by atoms with Crippen LogP contribution in [0.1, 0.15) is 38.5 Å². The van der Waals surface area contributed by atoms with Crippen LogP contribution in [0, 0.1) is 5.92 Å². The maximum Gasteiger partial charge on any atom is 0.119 e. The summed E-state index contributed by atoms with van der Waals surface area (Å²) in [5.41, 5.74) is 0. The SMILES string of the molecule is O=CCCCCC1C=CCC1. The molecule has 0 aromatic rings. The predicted molar refractivity (Wildman–Crippen MR) is 46.4 cm³/mol. The first-order chi connectivity index (χ1) is 5.43. The molecule has 0 radical (unpaired) electrons. The maximum atomic E-state index is 9.99. The Kier molecular flexibility index (Phi) is 3.95. The van der Waals surface area contributed by atoms with Gasteiger partial charge >= 0.3 is 0 Å². The van der Waals surface area contributed by atoms with E-state index in [1.54, 1.807) is 0 Å². The molecule has 1 heteroatoms. The lowest BCUT2D eigenvalue weighted by Gasteiger charge is -2.04. The van der Waals surface area contributed by atoms with E-state index in [0.717, 1.165) is 25.0 Å². The number of hydrogen-bond donors (Lipinski definition) is 0. The predicted octanol–water partition coefficient (Wildman–Crippen LogP) is 2.71. The largest absolute Gasteiger partial charge is 0.303 e. The fraction of sp³-hybridized carbons (Fsp3) is 0.700. The lowest BCUT2D eigenvalue weighted by molar-refractivity contribution is -0.107. The highest BCUT2D eigenvalue weighted by Gasteiger charge is 2.07. The molecule has 1 nitrogen and oxygen atoms in total. The van der Waals surface area contributed by atoms with Crippen molar-refractivity contribution in [2.75, 3.05) is 0 Å². The van der Waals surface area contributed by atoms with Crippen molar-refractivity contribution in [3.05, 3.63) is 12.2 Å². The van der Waals surface area contributed by atoms with Crippen LogP contribution in [0.4, 0.5) is 0 Å². The molecule has 0 spiro atoms. The second-order valence-corrected chi connectivity index (χ2v) is 3.22. The average molecular weight is 152 g/mol. The summed E-state index contributed by atoms with van der Waals surface area (Å²) in [6.45, 7) is 0. The van der Waals surface area contributed by atoms with Gasteiger partial charge in [0, 0.05) is 6.42 Å². The van der Waals surface area contributed by atoms with Gasteiger partial charge in [0.15, 0.2) is 0 Å². The first-order valence-corrected chi connectivity index (χ1v) is 4.54. The van der Waals surface area contributed by atoms with Gasteiger partial charge in [0.1, 0.15) is 6.29 Å². The molecule has 1 aliphatic rings. The lowest BCUT2D eigenvalue weighted by atomic mass is 10.0. The minimum atomic E-state index is 0.746. The van der Waals surface area contributed by atoms with Gasteiger partial charge in [0.25, 0.3) is 0 Å². The highest BCUT2D eigenvalue weighted by atomic mass is 16.1. The van der Waals surface area contributed by atoms with E-state index in [-0.39, 0.29) is 0 Å². The summed E-state index contributed by atoms with van der Waals surface area (Å²) in [6.07, 6.45) is 12.5. The van der Waals surface area contributed by atoms with Crippen LogP contribution in [0.15, 0.2) is 12.2 Å². The van der Waals surface area contributed by atoms with Gasteiger partial charge in [-0.1, -0.05) is 18.6 Å². The van der Waals surface area contributed by atoms with Crippen molar-refractivity contribution in [2.24, 2.45) is 5.92 Å². The quantitative estimate of drug-likeness (QED) is 0.336. The molecular formula is C10H16O. The van der Waals surface area contributed by atoms with E-state index in [1.807, 2.05) is 0 Å². The van der Waals surface area contributed by atoms with Crippen LogP contribution in [0.5, 0.6) is 0 Å². The lowest BCUT2D eigenvalue weighted by Crippen LogP contribution is -1.91. The van der Waals surface area contributed by atoms with Gasteiger partial charge in [-0.05, 0) is 31.6 Å². The van der Waals surface area contributed by atoms with Crippen molar-refractivity contribution in [1.82, 2.24) is 0 Å². The highest BCUT2D eigenvalue weighted by molar-refractivity contribution is 5.48. The van der Waals surface area contributed by atoms with Gasteiger partial charge in [-0.2, -0.15) is 0 Å². The van der Waals surface area contributed by atoms with E-state index in [9.17, 15) is 4.79 Å². The van der Waals surface area contributed by atoms with E-state index in [4.69, 9.17) is 0 Å². The normalized spacial score (nSPS) is 22.4. The zero-order chi connectivity index (χ0) is 7.94. The van der Waals surface area contributed by atoms with E-state index in [2.05, 4.69) is 12.2 Å². The third-order valence-electron chi connectivity index (χ3n) is 2.26. The summed E-state index contributed by atoms with van der Waals surface area (Å²) in [7, 11) is 0. The first-order valence-electron chi connectivity index (χ1n) is 4.54. The summed E-state index contributed by atoms with van der Waals surface area (Å²) < 4.78 is 0. The van der Waals surface area contributed by atoms with Crippen molar-refractivity contribution in [3.63, 3.8) is 0 Å². The Morgan fingerprint density at radius 3 is 3.00 bits per heavy atom. The number of allylic oxidation sites excluding steroid dienone is 2. The summed E-state index contributed by atoms with van der Waals surface area (Å²) >= 11 is 0. The van der Waals surface area contributed by atoms with Crippen molar-refractivity contribution >= 4 is 6.29 Å². The number of hydrogen-bond acceptors (Lipinski definition) is 1. The van der Waals surface area contributed by atoms with E-state index in [1.165, 1.54) is 25.7 Å². The summed E-state index contributed by atoms with van der Waals surface area (Å²) in [6, 6.07) is 0. The molecule has 0 aromatic carbocycles. The van der Waals surface area contributed by atoms with Gasteiger partial charge in [-0.15, -0.1) is 0 Å². The molecule has 0 fully saturated rings. The molecule has 0 amide bonds. The molecule has 0 heterocycles. The molecule has 11 heavy (non-hydrogen) atoms. The number of rotatable bonds is 5. The van der Waals surface area contributed by atoms with Crippen molar-refractivity contribution < 1.29 is 4.79 Å². The molecule has 1 aliphatic carbocycles. The number of unbranched alkanes of at least 4 members (excludes halogenated alkanes) is 2. The third-order valence-corrected chi connectivity index (χ3v) is 2.26. The van der Waals surface area contributed by atoms with Crippen molar-refractivity contribution in [2.45, 2.75) is 38.5 Å². The minimum Gasteiger partial charge on any atom is -0.303 e. The van der Waals surface area contributed by atoms with Crippen LogP contribution in [0.2, 0.25) is 0 Å². The molecule has 0 N–H and O–H groups in total. The number of carbonyl (C=O) groups is 1. The molecule has 0 saturated heterocycles. The fourth-order valence-corrected chi connectivity index (χ4v) is 1.57. The van der Waals surface area contributed by atoms with Gasteiger partial charge < -0.3 is 4.79 Å². The average Bonchev–Trinajstić information content (AvgIpc) is 2.50. The molecule has 1 unspecified atom stereocenters. The van der Waals surface area contributed by atoms with Crippen LogP contribution >= 0.6 is 0 Å². The summed E-state index contributed by atoms with van der Waals surface area (Å²) in [4.78, 5) is 9.99. The Bertz CT molecular complexity index is 138. The molecular weight excluding hydrogens is 136 g/mol. The van der Waals surface area contributed by atoms with E-state index in [0.29, 0.717) is 0 Å². The summed E-state index contributed by atoms with van der Waals surface area (Å²) in [5, 5.41) is 0. The van der Waals surface area contributed by atoms with Gasteiger partial charge in [-0.25, -0.2) is 0 Å². The van der Waals surface area contributed by atoms with Crippen LogP contribution in [0.25, 0.3) is 0 Å². The van der Waals surface area contributed by atoms with Crippen LogP contribution < -0.4 is 0 Å². The van der Waals surface area contributed by atoms with E-state index >= 15 is 0 Å². The fourth-order valence-electron chi connectivity index (χ4n) is 1.57. The van der Waals surface area contributed by atoms with Gasteiger partial charge in [0.2, 0.25) is 0 Å². The molecule has 0 bridgehead atoms. The Morgan fingerprint density at radius 2 is 2.36 bits per heavy atom. The van der Waals surface area contributed by atoms with Crippen LogP contribution in [-0.2, 0) is 4.79 Å². The topological polar surface area (TPSA) is 17.1 Å². The number of aldehydes is 1. The molecule has 1 atom stereocenters. The molecule has 0 aliphatic heterocycles. The zero-order valence-electron chi connectivity index (χ0n) is 6.96. The Morgan fingerprint density at radius 1 is 1.45 bits per heavy atom. The Labute approximate surface area is 68.5 Å². The van der Waals surface area contributed by atoms with Crippen LogP contribution in [0.3, 0.4) is 0 Å². The highest BCUT2D eigenvalue weighted by Crippen LogP contribution is 2.22. The third kappa shape index (κ3) is 3.35. The number of carbonyl (C=O) groups excluding carboxylic acids is 1. The summed E-state index contributed by atoms with van der Waals surface area (Å²) in [5.74, 6) is 0.821. The standard InChI is InChI=1S/C10H16O/c11-9-5-1-2-6-10-7-3-4-8-10/h3,7,9-10H,1-2,4-6,8H2. The van der Waals surface area contributed by atoms with Crippen molar-refractivity contribution in [3.8, 4) is 0 Å². The molecule has 1 rings (SSSR count). The van der Waals surface area contributed by atoms with Gasteiger partial charge in [-0.3, -0.25) is 0 Å². The van der Waals surface area contributed by atoms with E-state index < -0.39 is 0 Å². The monoisotopic (exact) mass is 152 g/mol. The van der Waals surface area contributed by atoms with Crippen LogP contribution in [-0.4, -0.2) is 6.29 Å². The second-order valence-electron chi connectivity index (χ2n) is 3.22. The second kappa shape index (κ2) is 5.11. The van der Waals surface area contributed by atoms with Crippen molar-refractivity contribution in [1.29, 1.82) is 0 Å². The Hall–Kier alpha value is -0.590. The maximum absolute atomic E-state index is 9.99. The molecule has 62 valence electrons.